The van der Waals surface area contributed by atoms with Gasteiger partial charge in [0.1, 0.15) is 13.2 Å². The number of nitrogens with one attached hydrogen (secondary N) is 1. The first-order chi connectivity index (χ1) is 13.6. The molecule has 7 heteroatoms. The molecule has 0 saturated carbocycles. The molecule has 2 aliphatic rings. The van der Waals surface area contributed by atoms with Gasteiger partial charge < -0.3 is 19.7 Å². The zero-order chi connectivity index (χ0) is 19.5. The lowest BCUT2D eigenvalue weighted by Crippen LogP contribution is -2.27. The predicted molar refractivity (Wildman–Crippen MR) is 107 cm³/mol. The summed E-state index contributed by atoms with van der Waals surface area (Å²) in [4.78, 5) is 26.2. The fourth-order valence-electron chi connectivity index (χ4n) is 3.43. The van der Waals surface area contributed by atoms with E-state index in [0.29, 0.717) is 55.4 Å². The molecule has 2 amide bonds. The fourth-order valence-corrected chi connectivity index (χ4v) is 3.65. The molecule has 0 bridgehead atoms. The molecule has 1 N–H and O–H groups in total. The number of amides is 2. The molecule has 2 heterocycles. The molecule has 0 spiro atoms. The van der Waals surface area contributed by atoms with E-state index in [9.17, 15) is 9.59 Å². The van der Waals surface area contributed by atoms with Crippen LogP contribution < -0.4 is 19.7 Å². The maximum Gasteiger partial charge on any atom is 0.251 e. The standard InChI is InChI=1S/C21H21ClN2O4/c22-16-5-4-15(13-17(16)24-9-1-2-20(24)25)21(26)23-8-7-14-3-6-18-19(12-14)28-11-10-27-18/h3-6,12-13H,1-2,7-11H2,(H,23,26). The van der Waals surface area contributed by atoms with Crippen LogP contribution in [-0.4, -0.2) is 38.1 Å². The van der Waals surface area contributed by atoms with Gasteiger partial charge in [-0.05, 0) is 48.7 Å². The van der Waals surface area contributed by atoms with Crippen LogP contribution in [0.2, 0.25) is 5.02 Å². The van der Waals surface area contributed by atoms with E-state index in [-0.39, 0.29) is 11.8 Å². The molecule has 0 aliphatic carbocycles. The number of carbonyl (C=O) groups is 2. The van der Waals surface area contributed by atoms with Gasteiger partial charge in [0.25, 0.3) is 5.91 Å². The first-order valence-corrected chi connectivity index (χ1v) is 9.76. The number of benzene rings is 2. The van der Waals surface area contributed by atoms with Crippen molar-refractivity contribution in [1.29, 1.82) is 0 Å². The SMILES string of the molecule is O=C(NCCc1ccc2c(c1)OCCO2)c1ccc(Cl)c(N2CCCC2=O)c1. The Balaban J connectivity index is 1.38. The Labute approximate surface area is 168 Å². The third-order valence-corrected chi connectivity index (χ3v) is 5.20. The van der Waals surface area contributed by atoms with E-state index >= 15 is 0 Å². The Bertz CT molecular complexity index is 915. The number of nitrogens with zero attached hydrogens (tertiary/aromatic N) is 1. The summed E-state index contributed by atoms with van der Waals surface area (Å²) in [5.74, 6) is 1.34. The monoisotopic (exact) mass is 400 g/mol. The summed E-state index contributed by atoms with van der Waals surface area (Å²) in [7, 11) is 0. The number of hydrogen-bond donors (Lipinski definition) is 1. The number of anilines is 1. The van der Waals surface area contributed by atoms with Crippen molar-refractivity contribution in [2.24, 2.45) is 0 Å². The summed E-state index contributed by atoms with van der Waals surface area (Å²) in [5, 5.41) is 3.39. The van der Waals surface area contributed by atoms with E-state index in [0.717, 1.165) is 23.5 Å². The maximum absolute atomic E-state index is 12.5. The van der Waals surface area contributed by atoms with Crippen LogP contribution in [0.3, 0.4) is 0 Å². The highest BCUT2D eigenvalue weighted by molar-refractivity contribution is 6.34. The minimum Gasteiger partial charge on any atom is -0.486 e. The predicted octanol–water partition coefficient (Wildman–Crippen LogP) is 3.21. The Morgan fingerprint density at radius 3 is 2.71 bits per heavy atom. The first-order valence-electron chi connectivity index (χ1n) is 9.38. The molecule has 4 rings (SSSR count). The third-order valence-electron chi connectivity index (χ3n) is 4.88. The number of ether oxygens (including phenoxy) is 2. The van der Waals surface area contributed by atoms with Crippen LogP contribution in [0.25, 0.3) is 0 Å². The van der Waals surface area contributed by atoms with Crippen LogP contribution in [0, 0.1) is 0 Å². The highest BCUT2D eigenvalue weighted by Gasteiger charge is 2.24. The molecule has 0 atom stereocenters. The first kappa shape index (κ1) is 18.6. The number of carbonyl (C=O) groups excluding carboxylic acids is 2. The molecule has 0 radical (unpaired) electrons. The quantitative estimate of drug-likeness (QED) is 0.836. The van der Waals surface area contributed by atoms with E-state index in [2.05, 4.69) is 5.32 Å². The minimum atomic E-state index is -0.192. The van der Waals surface area contributed by atoms with Gasteiger partial charge in [-0.2, -0.15) is 0 Å². The second kappa shape index (κ2) is 8.10. The lowest BCUT2D eigenvalue weighted by atomic mass is 10.1. The van der Waals surface area contributed by atoms with Crippen molar-refractivity contribution in [2.75, 3.05) is 31.2 Å². The zero-order valence-electron chi connectivity index (χ0n) is 15.4. The van der Waals surface area contributed by atoms with Crippen molar-refractivity contribution in [2.45, 2.75) is 19.3 Å². The van der Waals surface area contributed by atoms with E-state index < -0.39 is 0 Å². The Kier molecular flexibility index (Phi) is 5.39. The molecule has 1 fully saturated rings. The molecule has 146 valence electrons. The lowest BCUT2D eigenvalue weighted by Gasteiger charge is -2.19. The summed E-state index contributed by atoms with van der Waals surface area (Å²) in [5.41, 5.74) is 2.15. The summed E-state index contributed by atoms with van der Waals surface area (Å²) in [6, 6.07) is 10.8. The summed E-state index contributed by atoms with van der Waals surface area (Å²) >= 11 is 6.24. The van der Waals surface area contributed by atoms with Gasteiger partial charge in [0, 0.05) is 25.1 Å². The highest BCUT2D eigenvalue weighted by atomic mass is 35.5. The van der Waals surface area contributed by atoms with Crippen LogP contribution in [0.15, 0.2) is 36.4 Å². The van der Waals surface area contributed by atoms with E-state index in [1.807, 2.05) is 18.2 Å². The van der Waals surface area contributed by atoms with Crippen LogP contribution >= 0.6 is 11.6 Å². The smallest absolute Gasteiger partial charge is 0.251 e. The molecule has 1 saturated heterocycles. The molecule has 2 aromatic rings. The van der Waals surface area contributed by atoms with Crippen molar-refractivity contribution in [1.82, 2.24) is 5.32 Å². The Hall–Kier alpha value is -2.73. The number of halogens is 1. The lowest BCUT2D eigenvalue weighted by molar-refractivity contribution is -0.117. The van der Waals surface area contributed by atoms with Crippen LogP contribution in [0.1, 0.15) is 28.8 Å². The van der Waals surface area contributed by atoms with Gasteiger partial charge in [-0.15, -0.1) is 0 Å². The number of hydrogen-bond acceptors (Lipinski definition) is 4. The molecule has 2 aliphatic heterocycles. The van der Waals surface area contributed by atoms with Gasteiger partial charge in [0.05, 0.1) is 10.7 Å². The molecular formula is C21H21ClN2O4. The Morgan fingerprint density at radius 2 is 1.93 bits per heavy atom. The molecule has 28 heavy (non-hydrogen) atoms. The summed E-state index contributed by atoms with van der Waals surface area (Å²) < 4.78 is 11.1. The number of fused-ring (bicyclic) bond motifs is 1. The summed E-state index contributed by atoms with van der Waals surface area (Å²) in [6.45, 7) is 2.23. The van der Waals surface area contributed by atoms with Crippen LogP contribution in [0.5, 0.6) is 11.5 Å². The van der Waals surface area contributed by atoms with Crippen LogP contribution in [-0.2, 0) is 11.2 Å². The van der Waals surface area contributed by atoms with Crippen molar-refractivity contribution in [3.63, 3.8) is 0 Å². The van der Waals surface area contributed by atoms with E-state index in [1.54, 1.807) is 23.1 Å². The van der Waals surface area contributed by atoms with Gasteiger partial charge in [-0.25, -0.2) is 0 Å². The Morgan fingerprint density at radius 1 is 1.11 bits per heavy atom. The topological polar surface area (TPSA) is 67.9 Å². The molecule has 6 nitrogen and oxygen atoms in total. The van der Waals surface area contributed by atoms with Gasteiger partial charge in [0.15, 0.2) is 11.5 Å². The van der Waals surface area contributed by atoms with Crippen molar-refractivity contribution in [3.05, 3.63) is 52.5 Å². The van der Waals surface area contributed by atoms with Gasteiger partial charge in [-0.3, -0.25) is 9.59 Å². The normalized spacial score (nSPS) is 15.6. The maximum atomic E-state index is 12.5. The van der Waals surface area contributed by atoms with Crippen molar-refractivity contribution >= 4 is 29.1 Å². The largest absolute Gasteiger partial charge is 0.486 e. The summed E-state index contributed by atoms with van der Waals surface area (Å²) in [6.07, 6.45) is 2.00. The fraction of sp³-hybridized carbons (Fsp3) is 0.333. The average Bonchev–Trinajstić information content (AvgIpc) is 3.14. The molecular weight excluding hydrogens is 380 g/mol. The molecule has 0 aromatic heterocycles. The molecule has 2 aromatic carbocycles. The van der Waals surface area contributed by atoms with Gasteiger partial charge in [0.2, 0.25) is 5.91 Å². The molecule has 0 unspecified atom stereocenters. The van der Waals surface area contributed by atoms with E-state index in [1.165, 1.54) is 0 Å². The van der Waals surface area contributed by atoms with Crippen molar-refractivity contribution in [3.8, 4) is 11.5 Å². The second-order valence-electron chi connectivity index (χ2n) is 6.80. The second-order valence-corrected chi connectivity index (χ2v) is 7.21. The number of rotatable bonds is 5. The van der Waals surface area contributed by atoms with Crippen molar-refractivity contribution < 1.29 is 19.1 Å². The van der Waals surface area contributed by atoms with Crippen LogP contribution in [0.4, 0.5) is 5.69 Å². The minimum absolute atomic E-state index is 0.0399. The van der Waals surface area contributed by atoms with E-state index in [4.69, 9.17) is 21.1 Å². The third kappa shape index (κ3) is 3.92. The van der Waals surface area contributed by atoms with Gasteiger partial charge >= 0.3 is 0 Å². The highest BCUT2D eigenvalue weighted by Crippen LogP contribution is 2.31. The average molecular weight is 401 g/mol. The van der Waals surface area contributed by atoms with Gasteiger partial charge in [-0.1, -0.05) is 17.7 Å². The zero-order valence-corrected chi connectivity index (χ0v) is 16.1.